The van der Waals surface area contributed by atoms with E-state index < -0.39 is 0 Å². The van der Waals surface area contributed by atoms with Gasteiger partial charge in [0, 0.05) is 47.0 Å². The van der Waals surface area contributed by atoms with Gasteiger partial charge in [-0.15, -0.1) is 0 Å². The number of nitrogens with one attached hydrogen (secondary N) is 1. The van der Waals surface area contributed by atoms with Crippen molar-refractivity contribution in [2.45, 2.75) is 33.2 Å². The van der Waals surface area contributed by atoms with Crippen LogP contribution in [0.1, 0.15) is 33.9 Å². The highest BCUT2D eigenvalue weighted by molar-refractivity contribution is 6.11. The summed E-state index contributed by atoms with van der Waals surface area (Å²) in [6, 6.07) is 6.28. The molecule has 22 heavy (non-hydrogen) atoms. The molecule has 112 valence electrons. The van der Waals surface area contributed by atoms with Crippen molar-refractivity contribution in [2.24, 2.45) is 5.92 Å². The third kappa shape index (κ3) is 1.98. The van der Waals surface area contributed by atoms with Gasteiger partial charge < -0.3 is 9.55 Å². The summed E-state index contributed by atoms with van der Waals surface area (Å²) in [5, 5.41) is 1.08. The van der Waals surface area contributed by atoms with Crippen LogP contribution >= 0.6 is 0 Å². The van der Waals surface area contributed by atoms with E-state index >= 15 is 0 Å². The molecule has 0 aliphatic heterocycles. The van der Waals surface area contributed by atoms with Gasteiger partial charge in [-0.05, 0) is 38.8 Å². The van der Waals surface area contributed by atoms with Crippen LogP contribution in [0.5, 0.6) is 0 Å². The molecule has 0 radical (unpaired) electrons. The first-order chi connectivity index (χ1) is 10.6. The lowest BCUT2D eigenvalue weighted by molar-refractivity contribution is 0.0889. The normalized spacial score (nSPS) is 17.9. The number of aromatic nitrogens is 3. The highest BCUT2D eigenvalue weighted by Crippen LogP contribution is 2.33. The Balaban J connectivity index is 1.74. The number of hydrogen-bond acceptors (Lipinski definition) is 2. The maximum atomic E-state index is 13.0. The Kier molecular flexibility index (Phi) is 2.93. The van der Waals surface area contributed by atoms with E-state index in [9.17, 15) is 4.79 Å². The van der Waals surface area contributed by atoms with Gasteiger partial charge in [0.05, 0.1) is 0 Å². The maximum absolute atomic E-state index is 13.0. The molecule has 4 nitrogen and oxygen atoms in total. The van der Waals surface area contributed by atoms with Crippen LogP contribution in [0.2, 0.25) is 0 Å². The number of benzene rings is 1. The van der Waals surface area contributed by atoms with Gasteiger partial charge in [0.25, 0.3) is 0 Å². The summed E-state index contributed by atoms with van der Waals surface area (Å²) in [5.41, 5.74) is 4.27. The molecular formula is C18H19N3O. The molecule has 1 aliphatic rings. The number of rotatable bonds is 2. The molecule has 0 bridgehead atoms. The second kappa shape index (κ2) is 4.83. The zero-order valence-electron chi connectivity index (χ0n) is 12.9. The van der Waals surface area contributed by atoms with Gasteiger partial charge in [-0.3, -0.25) is 4.79 Å². The van der Waals surface area contributed by atoms with Gasteiger partial charge in [0.15, 0.2) is 5.78 Å². The number of hydrogen-bond donors (Lipinski definition) is 1. The Morgan fingerprint density at radius 2 is 2.23 bits per heavy atom. The highest BCUT2D eigenvalue weighted by atomic mass is 16.1. The molecule has 2 aromatic heterocycles. The molecule has 1 unspecified atom stereocenters. The van der Waals surface area contributed by atoms with Crippen LogP contribution in [0.3, 0.4) is 0 Å². The van der Waals surface area contributed by atoms with Crippen molar-refractivity contribution in [3.63, 3.8) is 0 Å². The van der Waals surface area contributed by atoms with Gasteiger partial charge in [0.1, 0.15) is 5.82 Å². The molecule has 1 N–H and O–H groups in total. The smallest absolute Gasteiger partial charge is 0.170 e. The number of H-pyrrole nitrogens is 1. The van der Waals surface area contributed by atoms with Crippen molar-refractivity contribution >= 4 is 16.7 Å². The minimum atomic E-state index is 0.0416. The average molecular weight is 293 g/mol. The molecule has 4 heteroatoms. The summed E-state index contributed by atoms with van der Waals surface area (Å²) >= 11 is 0. The fourth-order valence-corrected chi connectivity index (χ4v) is 3.49. The highest BCUT2D eigenvalue weighted by Gasteiger charge is 2.31. The molecule has 2 heterocycles. The lowest BCUT2D eigenvalue weighted by atomic mass is 9.85. The fraction of sp³-hybridized carbons (Fsp3) is 0.333. The molecular weight excluding hydrogens is 274 g/mol. The predicted octanol–water partition coefficient (Wildman–Crippen LogP) is 3.43. The molecule has 0 fully saturated rings. The van der Waals surface area contributed by atoms with Crippen molar-refractivity contribution in [2.75, 3.05) is 0 Å². The number of ketones is 1. The van der Waals surface area contributed by atoms with E-state index in [1.807, 2.05) is 13.1 Å². The van der Waals surface area contributed by atoms with Gasteiger partial charge in [-0.1, -0.05) is 11.6 Å². The molecule has 1 atom stereocenters. The molecule has 1 aromatic carbocycles. The SMILES string of the molecule is Cc1ccc2[nH]c3c(c2c1)C(=O)C(Cn1ccnc1C)CC3. The quantitative estimate of drug-likeness (QED) is 0.787. The summed E-state index contributed by atoms with van der Waals surface area (Å²) in [4.78, 5) is 20.7. The van der Waals surface area contributed by atoms with E-state index in [1.54, 1.807) is 6.20 Å². The summed E-state index contributed by atoms with van der Waals surface area (Å²) in [5.74, 6) is 1.28. The Labute approximate surface area is 129 Å². The fourth-order valence-electron chi connectivity index (χ4n) is 3.49. The van der Waals surface area contributed by atoms with Crippen molar-refractivity contribution < 1.29 is 4.79 Å². The largest absolute Gasteiger partial charge is 0.358 e. The van der Waals surface area contributed by atoms with Crippen LogP contribution in [0.4, 0.5) is 0 Å². The van der Waals surface area contributed by atoms with Gasteiger partial charge >= 0.3 is 0 Å². The second-order valence-corrected chi connectivity index (χ2v) is 6.25. The summed E-state index contributed by atoms with van der Waals surface area (Å²) in [6.45, 7) is 4.77. The third-order valence-electron chi connectivity index (χ3n) is 4.73. The van der Waals surface area contributed by atoms with Crippen molar-refractivity contribution in [3.8, 4) is 0 Å². The number of carbonyl (C=O) groups is 1. The predicted molar refractivity (Wildman–Crippen MR) is 86.1 cm³/mol. The standard InChI is InChI=1S/C18H19N3O/c1-11-3-5-15-14(9-11)17-16(20-15)6-4-13(18(17)22)10-21-8-7-19-12(21)2/h3,5,7-9,13,20H,4,6,10H2,1-2H3. The van der Waals surface area contributed by atoms with Crippen LogP contribution in [0, 0.1) is 19.8 Å². The first kappa shape index (κ1) is 13.3. The number of aryl methyl sites for hydroxylation is 3. The minimum Gasteiger partial charge on any atom is -0.358 e. The lowest BCUT2D eigenvalue weighted by Gasteiger charge is -2.22. The zero-order valence-corrected chi connectivity index (χ0v) is 12.9. The zero-order chi connectivity index (χ0) is 15.3. The van der Waals surface area contributed by atoms with Crippen LogP contribution in [0.25, 0.3) is 10.9 Å². The summed E-state index contributed by atoms with van der Waals surface area (Å²) in [7, 11) is 0. The topological polar surface area (TPSA) is 50.7 Å². The number of imidazole rings is 1. The van der Waals surface area contributed by atoms with Crippen LogP contribution < -0.4 is 0 Å². The first-order valence-corrected chi connectivity index (χ1v) is 7.76. The van der Waals surface area contributed by atoms with E-state index in [1.165, 1.54) is 5.56 Å². The number of Topliss-reactive ketones (excluding diaryl/α,β-unsaturated/α-hetero) is 1. The number of aromatic amines is 1. The summed E-state index contributed by atoms with van der Waals surface area (Å²) in [6.07, 6.45) is 5.59. The third-order valence-corrected chi connectivity index (χ3v) is 4.73. The number of fused-ring (bicyclic) bond motifs is 3. The number of carbonyl (C=O) groups excluding carboxylic acids is 1. The summed E-state index contributed by atoms with van der Waals surface area (Å²) < 4.78 is 2.08. The van der Waals surface area contributed by atoms with Crippen molar-refractivity contribution in [1.82, 2.24) is 14.5 Å². The Morgan fingerprint density at radius 3 is 3.00 bits per heavy atom. The van der Waals surface area contributed by atoms with E-state index in [0.717, 1.165) is 47.4 Å². The van der Waals surface area contributed by atoms with Crippen LogP contribution in [0.15, 0.2) is 30.6 Å². The monoisotopic (exact) mass is 293 g/mol. The van der Waals surface area contributed by atoms with Crippen LogP contribution in [-0.2, 0) is 13.0 Å². The molecule has 0 amide bonds. The maximum Gasteiger partial charge on any atom is 0.170 e. The first-order valence-electron chi connectivity index (χ1n) is 7.76. The molecule has 4 rings (SSSR count). The van der Waals surface area contributed by atoms with E-state index in [2.05, 4.69) is 39.7 Å². The van der Waals surface area contributed by atoms with Gasteiger partial charge in [-0.25, -0.2) is 4.98 Å². The molecule has 0 saturated carbocycles. The number of nitrogens with zero attached hydrogens (tertiary/aromatic N) is 2. The second-order valence-electron chi connectivity index (χ2n) is 6.25. The molecule has 0 saturated heterocycles. The van der Waals surface area contributed by atoms with Gasteiger partial charge in [-0.2, -0.15) is 0 Å². The van der Waals surface area contributed by atoms with Crippen molar-refractivity contribution in [1.29, 1.82) is 0 Å². The Hall–Kier alpha value is -2.36. The molecule has 3 aromatic rings. The van der Waals surface area contributed by atoms with Crippen LogP contribution in [-0.4, -0.2) is 20.3 Å². The van der Waals surface area contributed by atoms with Crippen molar-refractivity contribution in [3.05, 3.63) is 53.2 Å². The average Bonchev–Trinajstić information content (AvgIpc) is 3.06. The van der Waals surface area contributed by atoms with E-state index in [0.29, 0.717) is 0 Å². The molecule has 0 spiro atoms. The minimum absolute atomic E-state index is 0.0416. The Morgan fingerprint density at radius 1 is 1.36 bits per heavy atom. The molecule has 1 aliphatic carbocycles. The van der Waals surface area contributed by atoms with E-state index in [-0.39, 0.29) is 11.7 Å². The Bertz CT molecular complexity index is 872. The van der Waals surface area contributed by atoms with Gasteiger partial charge in [0.2, 0.25) is 0 Å². The lowest BCUT2D eigenvalue weighted by Crippen LogP contribution is -2.26. The van der Waals surface area contributed by atoms with E-state index in [4.69, 9.17) is 0 Å².